The maximum absolute atomic E-state index is 11.4. The van der Waals surface area contributed by atoms with E-state index in [1.807, 2.05) is 0 Å². The van der Waals surface area contributed by atoms with Gasteiger partial charge in [-0.3, -0.25) is 4.79 Å². The second kappa shape index (κ2) is 3.01. The van der Waals surface area contributed by atoms with Gasteiger partial charge in [0.2, 0.25) is 0 Å². The van der Waals surface area contributed by atoms with Crippen LogP contribution in [-0.4, -0.2) is 15.8 Å². The van der Waals surface area contributed by atoms with Crippen molar-refractivity contribution in [2.75, 3.05) is 0 Å². The van der Waals surface area contributed by atoms with E-state index in [9.17, 15) is 4.79 Å². The molecule has 0 aromatic carbocycles. The zero-order chi connectivity index (χ0) is 8.39. The van der Waals surface area contributed by atoms with Crippen molar-refractivity contribution in [3.8, 4) is 0 Å². The van der Waals surface area contributed by atoms with Gasteiger partial charge in [0.05, 0.1) is 0 Å². The summed E-state index contributed by atoms with van der Waals surface area (Å²) in [7, 11) is 0. The van der Waals surface area contributed by atoms with E-state index in [0.717, 1.165) is 0 Å². The third-order valence-corrected chi connectivity index (χ3v) is 2.04. The Labute approximate surface area is 70.9 Å². The molecule has 0 N–H and O–H groups in total. The maximum atomic E-state index is 11.4. The van der Waals surface area contributed by atoms with Crippen LogP contribution in [0.25, 0.3) is 0 Å². The maximum Gasteiger partial charge on any atom is 0.181 e. The number of hydrogen-bond donors (Lipinski definition) is 0. The Morgan fingerprint density at radius 1 is 1.58 bits per heavy atom. The van der Waals surface area contributed by atoms with Gasteiger partial charge in [-0.1, -0.05) is 0 Å². The average Bonchev–Trinajstić information content (AvgIpc) is 2.90. The van der Waals surface area contributed by atoms with Crippen molar-refractivity contribution in [3.05, 3.63) is 24.3 Å². The lowest BCUT2D eigenvalue weighted by Gasteiger charge is -1.95. The number of rotatable bonds is 3. The van der Waals surface area contributed by atoms with Crippen molar-refractivity contribution in [2.45, 2.75) is 19.3 Å². The molecule has 3 nitrogen and oxygen atoms in total. The predicted molar refractivity (Wildman–Crippen MR) is 43.7 cm³/mol. The second-order valence-corrected chi connectivity index (χ2v) is 3.17. The quantitative estimate of drug-likeness (QED) is 0.632. The van der Waals surface area contributed by atoms with E-state index in [1.54, 1.807) is 12.3 Å². The number of ketones is 1. The molecule has 1 fully saturated rings. The van der Waals surface area contributed by atoms with Crippen LogP contribution in [0.2, 0.25) is 0 Å². The Balaban J connectivity index is 2.03. The van der Waals surface area contributed by atoms with E-state index in [1.165, 1.54) is 19.2 Å². The first kappa shape index (κ1) is 7.40. The van der Waals surface area contributed by atoms with Gasteiger partial charge < -0.3 is 0 Å². The normalized spacial score (nSPS) is 16.0. The third kappa shape index (κ3) is 1.67. The van der Waals surface area contributed by atoms with E-state index >= 15 is 0 Å². The fourth-order valence-corrected chi connectivity index (χ4v) is 1.14. The molecule has 62 valence electrons. The van der Waals surface area contributed by atoms with Crippen LogP contribution in [-0.2, 0) is 0 Å². The first-order valence-corrected chi connectivity index (χ1v) is 4.15. The van der Waals surface area contributed by atoms with Crippen molar-refractivity contribution in [2.24, 2.45) is 5.92 Å². The summed E-state index contributed by atoms with van der Waals surface area (Å²) in [5.74, 6) is 0.785. The number of hydrogen-bond acceptors (Lipinski definition) is 3. The van der Waals surface area contributed by atoms with Gasteiger partial charge in [0, 0.05) is 12.6 Å². The molecule has 1 aromatic heterocycles. The number of Topliss-reactive ketones (excluding diaryl/α,β-unsaturated/α-hetero) is 1. The van der Waals surface area contributed by atoms with E-state index in [0.29, 0.717) is 18.0 Å². The molecule has 0 bridgehead atoms. The fourth-order valence-electron chi connectivity index (χ4n) is 1.14. The molecule has 1 heterocycles. The summed E-state index contributed by atoms with van der Waals surface area (Å²) in [6.07, 6.45) is 6.10. The number of nitrogens with zero attached hydrogens (tertiary/aromatic N) is 2. The fraction of sp³-hybridized carbons (Fsp3) is 0.444. The van der Waals surface area contributed by atoms with E-state index in [-0.39, 0.29) is 5.78 Å². The Morgan fingerprint density at radius 2 is 2.42 bits per heavy atom. The van der Waals surface area contributed by atoms with Crippen LogP contribution in [0.5, 0.6) is 0 Å². The van der Waals surface area contributed by atoms with E-state index in [4.69, 9.17) is 0 Å². The smallest absolute Gasteiger partial charge is 0.181 e. The molecule has 1 saturated carbocycles. The molecule has 0 amide bonds. The Morgan fingerprint density at radius 3 is 3.00 bits per heavy atom. The van der Waals surface area contributed by atoms with Crippen LogP contribution in [0.4, 0.5) is 0 Å². The van der Waals surface area contributed by atoms with Gasteiger partial charge in [-0.25, -0.2) is 9.97 Å². The first-order valence-electron chi connectivity index (χ1n) is 4.15. The van der Waals surface area contributed by atoms with Gasteiger partial charge in [0.25, 0.3) is 0 Å². The van der Waals surface area contributed by atoms with Crippen molar-refractivity contribution >= 4 is 5.78 Å². The highest BCUT2D eigenvalue weighted by molar-refractivity contribution is 5.94. The van der Waals surface area contributed by atoms with Gasteiger partial charge in [0.15, 0.2) is 5.78 Å². The summed E-state index contributed by atoms with van der Waals surface area (Å²) in [6.45, 7) is 0. The summed E-state index contributed by atoms with van der Waals surface area (Å²) in [4.78, 5) is 19.1. The van der Waals surface area contributed by atoms with Gasteiger partial charge in [-0.15, -0.1) is 0 Å². The van der Waals surface area contributed by atoms with Gasteiger partial charge in [-0.05, 0) is 24.8 Å². The highest BCUT2D eigenvalue weighted by Gasteiger charge is 2.25. The Hall–Kier alpha value is -1.25. The third-order valence-electron chi connectivity index (χ3n) is 2.04. The largest absolute Gasteiger partial charge is 0.292 e. The van der Waals surface area contributed by atoms with Crippen LogP contribution in [0.3, 0.4) is 0 Å². The average molecular weight is 162 g/mol. The molecule has 12 heavy (non-hydrogen) atoms. The minimum absolute atomic E-state index is 0.153. The summed E-state index contributed by atoms with van der Waals surface area (Å²) < 4.78 is 0. The molecule has 0 saturated heterocycles. The zero-order valence-electron chi connectivity index (χ0n) is 6.73. The van der Waals surface area contributed by atoms with E-state index in [2.05, 4.69) is 9.97 Å². The zero-order valence-corrected chi connectivity index (χ0v) is 6.73. The molecule has 1 aromatic rings. The molecule has 0 aliphatic heterocycles. The highest BCUT2D eigenvalue weighted by atomic mass is 16.1. The lowest BCUT2D eigenvalue weighted by Crippen LogP contribution is -2.02. The minimum atomic E-state index is 0.153. The topological polar surface area (TPSA) is 42.9 Å². The number of carbonyl (C=O) groups excluding carboxylic acids is 1. The molecule has 1 aliphatic carbocycles. The number of aromatic nitrogens is 2. The minimum Gasteiger partial charge on any atom is -0.292 e. The summed E-state index contributed by atoms with van der Waals surface area (Å²) >= 11 is 0. The van der Waals surface area contributed by atoms with Crippen LogP contribution in [0.15, 0.2) is 18.6 Å². The molecule has 0 spiro atoms. The number of carbonyl (C=O) groups is 1. The molecule has 0 atom stereocenters. The first-order chi connectivity index (χ1) is 5.86. The van der Waals surface area contributed by atoms with E-state index < -0.39 is 0 Å². The van der Waals surface area contributed by atoms with Gasteiger partial charge in [0.1, 0.15) is 12.0 Å². The predicted octanol–water partition coefficient (Wildman–Crippen LogP) is 1.46. The summed E-state index contributed by atoms with van der Waals surface area (Å²) in [5, 5.41) is 0. The van der Waals surface area contributed by atoms with Crippen molar-refractivity contribution < 1.29 is 4.79 Å². The molecule has 0 radical (unpaired) electrons. The second-order valence-electron chi connectivity index (χ2n) is 3.17. The highest BCUT2D eigenvalue weighted by Crippen LogP contribution is 2.33. The molecule has 2 rings (SSSR count). The Bertz CT molecular complexity index is 280. The molecule has 0 unspecified atom stereocenters. The van der Waals surface area contributed by atoms with Crippen LogP contribution >= 0.6 is 0 Å². The molecule has 3 heteroatoms. The summed E-state index contributed by atoms with van der Waals surface area (Å²) in [6, 6.07) is 1.67. The van der Waals surface area contributed by atoms with Crippen LogP contribution in [0.1, 0.15) is 29.8 Å². The molecular formula is C9H10N2O. The summed E-state index contributed by atoms with van der Waals surface area (Å²) in [5.41, 5.74) is 0.553. The lowest BCUT2D eigenvalue weighted by atomic mass is 10.1. The SMILES string of the molecule is O=C(CC1CC1)c1ccncn1. The van der Waals surface area contributed by atoms with Crippen molar-refractivity contribution in [1.29, 1.82) is 0 Å². The van der Waals surface area contributed by atoms with Crippen LogP contribution < -0.4 is 0 Å². The lowest BCUT2D eigenvalue weighted by molar-refractivity contribution is 0.0971. The van der Waals surface area contributed by atoms with Crippen molar-refractivity contribution in [3.63, 3.8) is 0 Å². The van der Waals surface area contributed by atoms with Crippen LogP contribution in [0, 0.1) is 5.92 Å². The Kier molecular flexibility index (Phi) is 1.86. The standard InChI is InChI=1S/C9H10N2O/c12-9(5-7-1-2-7)8-3-4-10-6-11-8/h3-4,6-7H,1-2,5H2. The molecule has 1 aliphatic rings. The van der Waals surface area contributed by atoms with Gasteiger partial charge in [-0.2, -0.15) is 0 Å². The molecular weight excluding hydrogens is 152 g/mol. The van der Waals surface area contributed by atoms with Gasteiger partial charge >= 0.3 is 0 Å². The van der Waals surface area contributed by atoms with Crippen molar-refractivity contribution in [1.82, 2.24) is 9.97 Å². The monoisotopic (exact) mass is 162 g/mol.